The monoisotopic (exact) mass is 508 g/mol. The Hall–Kier alpha value is -3.51. The summed E-state index contributed by atoms with van der Waals surface area (Å²) in [4.78, 5) is 24.2. The highest BCUT2D eigenvalue weighted by atomic mass is 16.5. The average Bonchev–Trinajstić information content (AvgIpc) is 3.37. The number of benzene rings is 2. The highest BCUT2D eigenvalue weighted by Gasteiger charge is 2.27. The maximum Gasteiger partial charge on any atom is 0.358 e. The zero-order chi connectivity index (χ0) is 26.2. The molecule has 0 atom stereocenters. The number of nitrogens with zero attached hydrogens (tertiary/aromatic N) is 4. The van der Waals surface area contributed by atoms with Gasteiger partial charge in [0.2, 0.25) is 0 Å². The Morgan fingerprint density at radius 3 is 2.71 bits per heavy atom. The first-order chi connectivity index (χ1) is 18.5. The summed E-state index contributed by atoms with van der Waals surface area (Å²) in [6.07, 6.45) is 6.95. The molecule has 0 bridgehead atoms. The van der Waals surface area contributed by atoms with Crippen molar-refractivity contribution in [2.45, 2.75) is 58.8 Å². The van der Waals surface area contributed by atoms with E-state index in [2.05, 4.69) is 70.8 Å². The third-order valence-electron chi connectivity index (χ3n) is 8.46. The molecule has 4 heterocycles. The fourth-order valence-electron chi connectivity index (χ4n) is 6.46. The minimum Gasteiger partial charge on any atom is -0.461 e. The van der Waals surface area contributed by atoms with Crippen LogP contribution in [0, 0.1) is 13.8 Å². The molecular formula is C32H36N4O2. The van der Waals surface area contributed by atoms with E-state index in [1.165, 1.54) is 40.5 Å². The van der Waals surface area contributed by atoms with Crippen LogP contribution in [0.5, 0.6) is 0 Å². The molecule has 6 heteroatoms. The van der Waals surface area contributed by atoms with E-state index in [9.17, 15) is 4.79 Å². The molecule has 4 aromatic rings. The molecule has 6 nitrogen and oxygen atoms in total. The zero-order valence-electron chi connectivity index (χ0n) is 22.7. The van der Waals surface area contributed by atoms with Crippen LogP contribution in [0.2, 0.25) is 0 Å². The summed E-state index contributed by atoms with van der Waals surface area (Å²) in [6.45, 7) is 9.81. The first kappa shape index (κ1) is 24.8. The highest BCUT2D eigenvalue weighted by Crippen LogP contribution is 2.34. The van der Waals surface area contributed by atoms with Gasteiger partial charge in [-0.2, -0.15) is 0 Å². The summed E-state index contributed by atoms with van der Waals surface area (Å²) in [5, 5.41) is 1.31. The molecule has 1 fully saturated rings. The molecule has 0 aliphatic carbocycles. The van der Waals surface area contributed by atoms with Crippen molar-refractivity contribution in [1.29, 1.82) is 0 Å². The molecule has 0 unspecified atom stereocenters. The SMILES string of the molecule is CCOC(=O)c1ncn2c1CCc1c-2ccc(C)c1CCN1CCC(c2cccc3nc(C)ccc23)CC1. The van der Waals surface area contributed by atoms with Crippen molar-refractivity contribution in [2.24, 2.45) is 0 Å². The molecule has 0 N–H and O–H groups in total. The van der Waals surface area contributed by atoms with Crippen LogP contribution in [0.1, 0.15) is 69.8 Å². The van der Waals surface area contributed by atoms with E-state index < -0.39 is 0 Å². The molecule has 1 saturated heterocycles. The van der Waals surface area contributed by atoms with Gasteiger partial charge in [-0.05, 0) is 112 Å². The number of carbonyl (C=O) groups excluding carboxylic acids is 1. The summed E-state index contributed by atoms with van der Waals surface area (Å²) in [5.74, 6) is 0.272. The van der Waals surface area contributed by atoms with Gasteiger partial charge < -0.3 is 14.2 Å². The van der Waals surface area contributed by atoms with E-state index in [-0.39, 0.29) is 5.97 Å². The summed E-state index contributed by atoms with van der Waals surface area (Å²) < 4.78 is 7.32. The molecular weight excluding hydrogens is 472 g/mol. The molecule has 38 heavy (non-hydrogen) atoms. The lowest BCUT2D eigenvalue weighted by Crippen LogP contribution is -2.34. The van der Waals surface area contributed by atoms with Crippen molar-refractivity contribution in [3.05, 3.63) is 88.1 Å². The van der Waals surface area contributed by atoms with Crippen LogP contribution in [0.25, 0.3) is 16.6 Å². The topological polar surface area (TPSA) is 60.2 Å². The molecule has 0 amide bonds. The predicted octanol–water partition coefficient (Wildman–Crippen LogP) is 5.73. The Labute approximate surface area is 224 Å². The van der Waals surface area contributed by atoms with Gasteiger partial charge in [-0.3, -0.25) is 4.98 Å². The largest absolute Gasteiger partial charge is 0.461 e. The number of aromatic nitrogens is 3. The Kier molecular flexibility index (Phi) is 6.75. The number of pyridine rings is 1. The van der Waals surface area contributed by atoms with Gasteiger partial charge >= 0.3 is 5.97 Å². The maximum atomic E-state index is 12.4. The number of piperidine rings is 1. The predicted molar refractivity (Wildman–Crippen MR) is 150 cm³/mol. The van der Waals surface area contributed by atoms with Crippen molar-refractivity contribution in [2.75, 3.05) is 26.2 Å². The number of imidazole rings is 1. The Morgan fingerprint density at radius 2 is 1.89 bits per heavy atom. The quantitative estimate of drug-likeness (QED) is 0.311. The van der Waals surface area contributed by atoms with Crippen molar-refractivity contribution >= 4 is 16.9 Å². The smallest absolute Gasteiger partial charge is 0.358 e. The molecule has 2 aliphatic rings. The van der Waals surface area contributed by atoms with Gasteiger partial charge in [0.05, 0.1) is 23.5 Å². The normalized spacial score (nSPS) is 15.9. The molecule has 2 aromatic carbocycles. The van der Waals surface area contributed by atoms with Gasteiger partial charge in [0.25, 0.3) is 0 Å². The van der Waals surface area contributed by atoms with E-state index >= 15 is 0 Å². The van der Waals surface area contributed by atoms with E-state index in [1.807, 2.05) is 6.92 Å². The lowest BCUT2D eigenvalue weighted by molar-refractivity contribution is 0.0518. The van der Waals surface area contributed by atoms with Crippen LogP contribution >= 0.6 is 0 Å². The second-order valence-electron chi connectivity index (χ2n) is 10.7. The lowest BCUT2D eigenvalue weighted by atomic mass is 9.86. The summed E-state index contributed by atoms with van der Waals surface area (Å²) in [5.41, 5.74) is 10.4. The minimum absolute atomic E-state index is 0.324. The Morgan fingerprint density at radius 1 is 1.05 bits per heavy atom. The molecule has 196 valence electrons. The molecule has 0 spiro atoms. The number of fused-ring (bicyclic) bond motifs is 4. The Balaban J connectivity index is 1.15. The summed E-state index contributed by atoms with van der Waals surface area (Å²) >= 11 is 0. The Bertz CT molecular complexity index is 1500. The van der Waals surface area contributed by atoms with E-state index in [0.29, 0.717) is 18.2 Å². The fraction of sp³-hybridized carbons (Fsp3) is 0.406. The zero-order valence-corrected chi connectivity index (χ0v) is 22.7. The van der Waals surface area contributed by atoms with Gasteiger partial charge in [-0.15, -0.1) is 0 Å². The number of rotatable bonds is 6. The first-order valence-corrected chi connectivity index (χ1v) is 14.0. The number of aryl methyl sites for hydroxylation is 2. The van der Waals surface area contributed by atoms with Crippen LogP contribution in [-0.2, 0) is 24.0 Å². The van der Waals surface area contributed by atoms with Crippen molar-refractivity contribution in [1.82, 2.24) is 19.4 Å². The number of esters is 1. The van der Waals surface area contributed by atoms with Gasteiger partial charge in [0.15, 0.2) is 5.69 Å². The summed E-state index contributed by atoms with van der Waals surface area (Å²) in [6, 6.07) is 15.4. The number of likely N-dealkylation sites (tertiary alicyclic amines) is 1. The van der Waals surface area contributed by atoms with Gasteiger partial charge in [0.1, 0.15) is 6.33 Å². The van der Waals surface area contributed by atoms with E-state index in [1.54, 1.807) is 6.33 Å². The fourth-order valence-corrected chi connectivity index (χ4v) is 6.46. The van der Waals surface area contributed by atoms with E-state index in [0.717, 1.165) is 61.5 Å². The second kappa shape index (κ2) is 10.3. The maximum absolute atomic E-state index is 12.4. The second-order valence-corrected chi connectivity index (χ2v) is 10.7. The number of carbonyl (C=O) groups is 1. The molecule has 0 radical (unpaired) electrons. The van der Waals surface area contributed by atoms with E-state index in [4.69, 9.17) is 9.72 Å². The average molecular weight is 509 g/mol. The number of hydrogen-bond acceptors (Lipinski definition) is 5. The first-order valence-electron chi connectivity index (χ1n) is 14.0. The van der Waals surface area contributed by atoms with Gasteiger partial charge in [-0.1, -0.05) is 24.3 Å². The minimum atomic E-state index is -0.324. The number of ether oxygens (including phenoxy) is 1. The highest BCUT2D eigenvalue weighted by molar-refractivity contribution is 5.89. The van der Waals surface area contributed by atoms with Gasteiger partial charge in [0, 0.05) is 17.6 Å². The van der Waals surface area contributed by atoms with Crippen LogP contribution < -0.4 is 0 Å². The van der Waals surface area contributed by atoms with Crippen LogP contribution in [0.3, 0.4) is 0 Å². The molecule has 0 saturated carbocycles. The van der Waals surface area contributed by atoms with Crippen LogP contribution in [0.15, 0.2) is 48.8 Å². The van der Waals surface area contributed by atoms with Crippen molar-refractivity contribution < 1.29 is 9.53 Å². The van der Waals surface area contributed by atoms with Crippen LogP contribution in [-0.4, -0.2) is 51.6 Å². The number of hydrogen-bond donors (Lipinski definition) is 0. The van der Waals surface area contributed by atoms with Crippen molar-refractivity contribution in [3.8, 4) is 5.69 Å². The third kappa shape index (κ3) is 4.51. The standard InChI is InChI=1S/C32H36N4O2/c1-4-38-32(37)31-30-13-11-27-24(21(2)8-12-29(27)36(30)20-33-31)16-19-35-17-14-23(15-18-35)25-6-5-7-28-26(25)10-9-22(3)34-28/h5-10,12,20,23H,4,11,13-19H2,1-3H3. The lowest BCUT2D eigenvalue weighted by Gasteiger charge is -2.33. The van der Waals surface area contributed by atoms with Crippen LogP contribution in [0.4, 0.5) is 0 Å². The molecule has 2 aromatic heterocycles. The molecule has 6 rings (SSSR count). The van der Waals surface area contributed by atoms with Gasteiger partial charge in [-0.25, -0.2) is 9.78 Å². The van der Waals surface area contributed by atoms with Crippen molar-refractivity contribution in [3.63, 3.8) is 0 Å². The molecule has 2 aliphatic heterocycles. The third-order valence-corrected chi connectivity index (χ3v) is 8.46. The summed E-state index contributed by atoms with van der Waals surface area (Å²) in [7, 11) is 0.